The summed E-state index contributed by atoms with van der Waals surface area (Å²) >= 11 is 0. The van der Waals surface area contributed by atoms with Crippen molar-refractivity contribution >= 4 is 38.0 Å². The van der Waals surface area contributed by atoms with Crippen molar-refractivity contribution in [2.24, 2.45) is 86.6 Å². The van der Waals surface area contributed by atoms with Crippen LogP contribution in [0.2, 0.25) is 0 Å². The number of sulfone groups is 1. The van der Waals surface area contributed by atoms with E-state index >= 15 is 0 Å². The minimum Gasteiger partial charge on any atom is -0.504 e. The topological polar surface area (TPSA) is 173 Å². The number of ketones is 2. The summed E-state index contributed by atoms with van der Waals surface area (Å²) in [5, 5.41) is 19.1. The molecule has 0 radical (unpaired) electrons. The van der Waals surface area contributed by atoms with Crippen molar-refractivity contribution in [3.8, 4) is 0 Å². The van der Waals surface area contributed by atoms with Crippen LogP contribution in [0.1, 0.15) is 350 Å². The monoisotopic (exact) mass is 1840 g/mol. The highest BCUT2D eigenvalue weighted by molar-refractivity contribution is 8.09. The lowest BCUT2D eigenvalue weighted by molar-refractivity contribution is -0.135. The third kappa shape index (κ3) is 94.2. The van der Waals surface area contributed by atoms with Gasteiger partial charge in [0, 0.05) is 16.6 Å². The molecule has 0 amide bonds. The van der Waals surface area contributed by atoms with Crippen LogP contribution in [0.25, 0.3) is 0 Å². The summed E-state index contributed by atoms with van der Waals surface area (Å²) in [6, 6.07) is 20.5. The summed E-state index contributed by atoms with van der Waals surface area (Å²) in [6.07, 6.45) is 28.1. The second-order valence-corrected chi connectivity index (χ2v) is 54.8. The van der Waals surface area contributed by atoms with E-state index in [0.29, 0.717) is 42.7 Å². The first-order valence-electron chi connectivity index (χ1n) is 46.0. The zero-order valence-electron chi connectivity index (χ0n) is 92.5. The van der Waals surface area contributed by atoms with Crippen molar-refractivity contribution in [3.05, 3.63) is 216 Å². The molecule has 0 aliphatic rings. The Kier molecular flexibility index (Phi) is 59.5. The first-order chi connectivity index (χ1) is 57.1. The molecule has 0 saturated heterocycles. The molecule has 129 heavy (non-hydrogen) atoms. The van der Waals surface area contributed by atoms with Crippen molar-refractivity contribution < 1.29 is 60.8 Å². The Bertz CT molecular complexity index is 3750. The predicted molar refractivity (Wildman–Crippen MR) is 567 cm³/mol. The number of methoxy groups -OCH3 is 2. The van der Waals surface area contributed by atoms with Crippen molar-refractivity contribution in [3.63, 3.8) is 0 Å². The zero-order valence-corrected chi connectivity index (χ0v) is 94.2. The number of Topliss-reactive ketones (excluding diaryl/α,β-unsaturated/α-hetero) is 2. The van der Waals surface area contributed by atoms with E-state index in [4.69, 9.17) is 32.6 Å². The fourth-order valence-electron chi connectivity index (χ4n) is 9.81. The number of ether oxygens (including phenoxy) is 6. The van der Waals surface area contributed by atoms with Crippen LogP contribution < -0.4 is 0 Å². The largest absolute Gasteiger partial charge is 0.504 e. The molecule has 0 bridgehead atoms. The Labute approximate surface area is 799 Å². The van der Waals surface area contributed by atoms with E-state index in [1.165, 1.54) is 0 Å². The maximum Gasteiger partial charge on any atom is 0.157 e. The second-order valence-electron chi connectivity index (χ2n) is 51.3. The third-order valence-electron chi connectivity index (χ3n) is 15.0. The average molecular weight is 1840 g/mol. The summed E-state index contributed by atoms with van der Waals surface area (Å²) < 4.78 is 63.9. The van der Waals surface area contributed by atoms with Crippen LogP contribution in [0.4, 0.5) is 0 Å². The van der Waals surface area contributed by atoms with Crippen molar-refractivity contribution in [2.45, 2.75) is 352 Å². The molecule has 13 nitrogen and oxygen atoms in total. The van der Waals surface area contributed by atoms with Gasteiger partial charge in [0.25, 0.3) is 0 Å². The molecule has 0 aliphatic carbocycles. The van der Waals surface area contributed by atoms with Gasteiger partial charge >= 0.3 is 0 Å². The Morgan fingerprint density at radius 3 is 0.775 bits per heavy atom. The normalized spacial score (nSPS) is 14.4. The molecule has 15 heteroatoms. The van der Waals surface area contributed by atoms with E-state index in [2.05, 4.69) is 312 Å². The summed E-state index contributed by atoms with van der Waals surface area (Å²) in [5.41, 5.74) is 2.19. The van der Waals surface area contributed by atoms with Crippen molar-refractivity contribution in [1.29, 1.82) is 0 Å². The molecule has 0 saturated carbocycles. The molecule has 746 valence electrons. The molecule has 1 atom stereocenters. The van der Waals surface area contributed by atoms with Crippen LogP contribution in [0.5, 0.6) is 0 Å². The molecule has 0 fully saturated rings. The van der Waals surface area contributed by atoms with Crippen LogP contribution >= 0.6 is 10.8 Å². The molecule has 2 rings (SSSR count). The maximum absolute atomic E-state index is 11.7. The van der Waals surface area contributed by atoms with E-state index in [1.807, 2.05) is 161 Å². The van der Waals surface area contributed by atoms with Gasteiger partial charge in [-0.2, -0.15) is 0 Å². The van der Waals surface area contributed by atoms with Gasteiger partial charge in [-0.15, -0.1) is 0 Å². The van der Waals surface area contributed by atoms with Gasteiger partial charge < -0.3 is 42.8 Å². The number of hydrogen-bond acceptors (Lipinski definition) is 13. The number of aliphatic hydroxyl groups is 2. The quantitative estimate of drug-likeness (QED) is 0.0300. The number of rotatable bonds is 26. The molecule has 0 aliphatic heterocycles. The third-order valence-corrected chi connectivity index (χ3v) is 19.2. The molecule has 0 spiro atoms. The second kappa shape index (κ2) is 57.7. The van der Waals surface area contributed by atoms with Crippen LogP contribution in [0.3, 0.4) is 0 Å². The number of hydrogen-bond donors (Lipinski definition) is 2. The van der Waals surface area contributed by atoms with E-state index in [9.17, 15) is 28.2 Å². The van der Waals surface area contributed by atoms with E-state index in [1.54, 1.807) is 38.5 Å². The fraction of sp³-hybridized carbons (Fsp3) is 0.658. The van der Waals surface area contributed by atoms with Gasteiger partial charge in [-0.1, -0.05) is 453 Å². The van der Waals surface area contributed by atoms with Gasteiger partial charge in [-0.25, -0.2) is 8.42 Å². The molecule has 2 aromatic carbocycles. The van der Waals surface area contributed by atoms with Gasteiger partial charge in [0.15, 0.2) is 55.9 Å². The van der Waals surface area contributed by atoms with Gasteiger partial charge in [0.1, 0.15) is 38.0 Å². The SMILES string of the molecule is C=CCOC(=C/C(C)(C)C)/C(=C\C(C)(C)C)OCC=C.C=S(CC(C)(C)C)OCC(C)(C)C.CC(C)(C)/C=C(O)\C(O)=C/C(C)(C)C.CC(C)(C)/C=C(OCc1ccccc1)\C(=C/C(C)(C)C)OCc1ccccc1.CC(C)(C)/C=C\C=C/C(C)(C)C.CC(C)(C)C(=O)CC(=O)C(C)(C)C.CC(C)(C)CS(=O)(=O)CC(C)(C)C.COC(=C/C(C)(C)C)/C(=C\C(C)(C)C)OC. The molecule has 0 heterocycles. The standard InChI is InChI=1S/C26H34O2.C18H30O2.C14H26O2.C12H22O2.C12H22.C11H20O2.C11H24OS.C10H22O2S/c1-25(2,3)17-23(27-19-21-13-9-7-10-14-21)24(18-26(4,5)6)28-20-22-15-11-8-12-16-22;1-9-11-19-15(13-17(3,4)5)16(20-12-10-2)14-18(6,7)8;1-13(2,3)9-11(15-7)12(16-8)10-14(4,5)6;1-11(2,3)7-9(13)10(14)8-12(4,5)6;1-11(2,3)9-7-8-10-12(4,5)6;1-10(2,3)8(12)7-9(13)11(4,5)6;1-10(2,3)8-12-13(7)9-11(4,5)6;1-9(2,3)7-13(11,12)8-10(4,5)6/h7-18H,19-20H2,1-6H3;9-10,13-14H,1-2,11-12H2,3-8H3;9-10H,1-8H3;7-8,13-14H,1-6H3;7-10H,1-6H3;7H2,1-6H3;7-9H2,1-6H3;7-8H2,1-6H3/b23-17+,24-18+;15-13+,16-14+;11-9+,12-10+;9-7+,10-8+;9-7-,10-8-;;;. The van der Waals surface area contributed by atoms with Gasteiger partial charge in [0.2, 0.25) is 0 Å². The van der Waals surface area contributed by atoms with E-state index < -0.39 is 20.7 Å². The fourth-order valence-corrected chi connectivity index (χ4v) is 14.1. The summed E-state index contributed by atoms with van der Waals surface area (Å²) in [7, 11) is 0.314. The first kappa shape index (κ1) is 133. The van der Waals surface area contributed by atoms with Crippen LogP contribution in [0, 0.1) is 86.6 Å². The van der Waals surface area contributed by atoms with E-state index in [-0.39, 0.29) is 111 Å². The lowest BCUT2D eigenvalue weighted by Crippen LogP contribution is -2.28. The minimum absolute atomic E-state index is 0.00498. The number of aliphatic hydroxyl groups excluding tert-OH is 2. The smallest absolute Gasteiger partial charge is 0.157 e. The number of carbonyl (C=O) groups is 2. The summed E-state index contributed by atoms with van der Waals surface area (Å²) in [5.74, 6) is 10.3. The minimum atomic E-state index is -2.90. The summed E-state index contributed by atoms with van der Waals surface area (Å²) in [6.45, 7) is 110. The molecule has 1 unspecified atom stereocenters. The lowest BCUT2D eigenvalue weighted by atomic mass is 9.82. The lowest BCUT2D eigenvalue weighted by Gasteiger charge is -2.23. The van der Waals surface area contributed by atoms with Crippen molar-refractivity contribution in [1.82, 2.24) is 0 Å². The highest BCUT2D eigenvalue weighted by Crippen LogP contribution is 2.34. The van der Waals surface area contributed by atoms with E-state index in [0.717, 1.165) is 58.0 Å². The van der Waals surface area contributed by atoms with Crippen molar-refractivity contribution in [2.75, 3.05) is 51.3 Å². The predicted octanol–water partition coefficient (Wildman–Crippen LogP) is 33.6. The molecule has 2 aromatic rings. The van der Waals surface area contributed by atoms with Gasteiger partial charge in [-0.05, 0) is 141 Å². The average Bonchev–Trinajstić information content (AvgIpc) is 0.850. The zero-order chi connectivity index (χ0) is 103. The molecule has 0 aromatic heterocycles. The van der Waals surface area contributed by atoms with Gasteiger partial charge in [0.05, 0.1) is 38.8 Å². The van der Waals surface area contributed by atoms with Crippen LogP contribution in [-0.4, -0.2) is 87.4 Å². The highest BCUT2D eigenvalue weighted by atomic mass is 32.2. The Hall–Kier alpha value is -6.81. The Balaban J connectivity index is -0.000000342. The molecular weight excluding hydrogens is 1640 g/mol. The molecular formula is C114H200O13S2. The van der Waals surface area contributed by atoms with Gasteiger partial charge in [-0.3, -0.25) is 9.59 Å². The molecule has 2 N–H and O–H groups in total. The van der Waals surface area contributed by atoms with Crippen LogP contribution in [-0.2, 0) is 65.2 Å². The summed E-state index contributed by atoms with van der Waals surface area (Å²) in [4.78, 5) is 23.0. The first-order valence-corrected chi connectivity index (χ1v) is 49.3. The Morgan fingerprint density at radius 2 is 0.581 bits per heavy atom. The number of benzene rings is 2. The number of allylic oxidation sites excluding steroid dienone is 12. The number of carbonyl (C=O) groups excluding carboxylic acids is 2. The van der Waals surface area contributed by atoms with Crippen LogP contribution in [0.15, 0.2) is 205 Å². The Morgan fingerprint density at radius 1 is 0.341 bits per heavy atom. The highest BCUT2D eigenvalue weighted by Gasteiger charge is 2.31. The maximum atomic E-state index is 11.7.